The first kappa shape index (κ1) is 9.52. The van der Waals surface area contributed by atoms with Gasteiger partial charge in [0.1, 0.15) is 5.52 Å². The maximum atomic E-state index is 5.49. The molecular weight excluding hydrogens is 244 g/mol. The molecular formula is C10H11BrN2O. The van der Waals surface area contributed by atoms with Gasteiger partial charge >= 0.3 is 0 Å². The van der Waals surface area contributed by atoms with Crippen molar-refractivity contribution in [2.24, 2.45) is 0 Å². The van der Waals surface area contributed by atoms with Crippen molar-refractivity contribution in [3.05, 3.63) is 22.2 Å². The van der Waals surface area contributed by atoms with Crippen molar-refractivity contribution in [2.45, 2.75) is 19.8 Å². The van der Waals surface area contributed by atoms with Gasteiger partial charge in [0.05, 0.1) is 4.47 Å². The second kappa shape index (κ2) is 3.28. The predicted molar refractivity (Wildman–Crippen MR) is 60.2 cm³/mol. The molecule has 0 amide bonds. The molecule has 0 saturated heterocycles. The summed E-state index contributed by atoms with van der Waals surface area (Å²) in [7, 11) is 0. The van der Waals surface area contributed by atoms with Gasteiger partial charge in [0, 0.05) is 0 Å². The maximum Gasteiger partial charge on any atom is 0.293 e. The van der Waals surface area contributed by atoms with E-state index in [4.69, 9.17) is 10.2 Å². The van der Waals surface area contributed by atoms with Crippen molar-refractivity contribution in [3.63, 3.8) is 0 Å². The highest BCUT2D eigenvalue weighted by molar-refractivity contribution is 9.10. The maximum absolute atomic E-state index is 5.49. The minimum absolute atomic E-state index is 0.210. The van der Waals surface area contributed by atoms with Gasteiger partial charge in [-0.1, -0.05) is 13.8 Å². The summed E-state index contributed by atoms with van der Waals surface area (Å²) in [5, 5.41) is 0. The van der Waals surface area contributed by atoms with Crippen molar-refractivity contribution < 1.29 is 4.42 Å². The molecule has 1 aromatic heterocycles. The number of benzene rings is 1. The third-order valence-corrected chi connectivity index (χ3v) is 2.74. The lowest BCUT2D eigenvalue weighted by Crippen LogP contribution is -1.87. The van der Waals surface area contributed by atoms with E-state index in [1.54, 1.807) is 0 Å². The van der Waals surface area contributed by atoms with E-state index in [0.717, 1.165) is 9.99 Å². The molecule has 4 heteroatoms. The van der Waals surface area contributed by atoms with E-state index < -0.39 is 0 Å². The van der Waals surface area contributed by atoms with Gasteiger partial charge in [-0.2, -0.15) is 4.98 Å². The van der Waals surface area contributed by atoms with Crippen LogP contribution in [0.3, 0.4) is 0 Å². The third kappa shape index (κ3) is 1.50. The number of aromatic nitrogens is 1. The first-order valence-corrected chi connectivity index (χ1v) is 5.22. The molecule has 3 nitrogen and oxygen atoms in total. The number of nitrogen functional groups attached to an aromatic ring is 1. The van der Waals surface area contributed by atoms with Crippen LogP contribution >= 0.6 is 15.9 Å². The fourth-order valence-corrected chi connectivity index (χ4v) is 1.91. The highest BCUT2D eigenvalue weighted by atomic mass is 79.9. The van der Waals surface area contributed by atoms with Crippen LogP contribution in [0, 0.1) is 0 Å². The minimum atomic E-state index is 0.210. The van der Waals surface area contributed by atoms with Gasteiger partial charge in [-0.15, -0.1) is 0 Å². The van der Waals surface area contributed by atoms with E-state index in [-0.39, 0.29) is 6.01 Å². The number of nitrogens with two attached hydrogens (primary N) is 1. The quantitative estimate of drug-likeness (QED) is 0.850. The Balaban J connectivity index is 2.71. The molecule has 2 rings (SSSR count). The summed E-state index contributed by atoms with van der Waals surface area (Å²) in [5.74, 6) is 0.466. The largest absolute Gasteiger partial charge is 0.422 e. The van der Waals surface area contributed by atoms with Crippen LogP contribution in [0.2, 0.25) is 0 Å². The highest BCUT2D eigenvalue weighted by Gasteiger charge is 2.10. The molecule has 0 radical (unpaired) electrons. The summed E-state index contributed by atoms with van der Waals surface area (Å²) < 4.78 is 6.16. The summed E-state index contributed by atoms with van der Waals surface area (Å²) in [6.45, 7) is 4.27. The molecule has 0 saturated carbocycles. The molecule has 2 N–H and O–H groups in total. The molecule has 0 aliphatic rings. The second-order valence-corrected chi connectivity index (χ2v) is 4.41. The molecule has 0 aliphatic heterocycles. The number of halogens is 1. The average Bonchev–Trinajstić information content (AvgIpc) is 2.45. The van der Waals surface area contributed by atoms with Gasteiger partial charge in [0.2, 0.25) is 0 Å². The Morgan fingerprint density at radius 1 is 1.43 bits per heavy atom. The molecule has 0 aliphatic carbocycles. The monoisotopic (exact) mass is 254 g/mol. The predicted octanol–water partition coefficient (Wildman–Crippen LogP) is 3.30. The number of hydrogen-bond acceptors (Lipinski definition) is 3. The van der Waals surface area contributed by atoms with E-state index in [2.05, 4.69) is 34.8 Å². The molecule has 0 bridgehead atoms. The number of rotatable bonds is 1. The Bertz CT molecular complexity index is 476. The van der Waals surface area contributed by atoms with Crippen LogP contribution in [0.1, 0.15) is 25.3 Å². The Morgan fingerprint density at radius 3 is 2.79 bits per heavy atom. The van der Waals surface area contributed by atoms with Crippen molar-refractivity contribution in [3.8, 4) is 0 Å². The summed E-state index contributed by atoms with van der Waals surface area (Å²) >= 11 is 3.44. The van der Waals surface area contributed by atoms with Crippen LogP contribution in [-0.4, -0.2) is 4.98 Å². The Kier molecular flexibility index (Phi) is 2.23. The van der Waals surface area contributed by atoms with Crippen LogP contribution in [-0.2, 0) is 0 Å². The second-order valence-electron chi connectivity index (χ2n) is 3.56. The average molecular weight is 255 g/mol. The summed E-state index contributed by atoms with van der Waals surface area (Å²) in [6, 6.07) is 4.25. The molecule has 0 fully saturated rings. The van der Waals surface area contributed by atoms with E-state index in [1.165, 1.54) is 5.56 Å². The minimum Gasteiger partial charge on any atom is -0.422 e. The van der Waals surface area contributed by atoms with Crippen LogP contribution in [0.4, 0.5) is 6.01 Å². The summed E-state index contributed by atoms with van der Waals surface area (Å²) in [5.41, 5.74) is 8.23. The van der Waals surface area contributed by atoms with Crippen LogP contribution in [0.15, 0.2) is 21.0 Å². The van der Waals surface area contributed by atoms with E-state index in [0.29, 0.717) is 11.5 Å². The Hall–Kier alpha value is -1.03. The molecule has 0 spiro atoms. The first-order valence-electron chi connectivity index (χ1n) is 4.43. The zero-order valence-corrected chi connectivity index (χ0v) is 9.63. The molecule has 1 aromatic carbocycles. The van der Waals surface area contributed by atoms with E-state index in [9.17, 15) is 0 Å². The SMILES string of the molecule is CC(C)c1cc(Br)c2oc(N)nc2c1. The number of hydrogen-bond donors (Lipinski definition) is 1. The fourth-order valence-electron chi connectivity index (χ4n) is 1.36. The molecule has 74 valence electrons. The van der Waals surface area contributed by atoms with E-state index >= 15 is 0 Å². The molecule has 0 atom stereocenters. The number of anilines is 1. The van der Waals surface area contributed by atoms with Gasteiger partial charge in [-0.25, -0.2) is 0 Å². The Labute approximate surface area is 90.4 Å². The highest BCUT2D eigenvalue weighted by Crippen LogP contribution is 2.30. The van der Waals surface area contributed by atoms with Crippen molar-refractivity contribution in [1.29, 1.82) is 0 Å². The molecule has 0 unspecified atom stereocenters. The van der Waals surface area contributed by atoms with Gasteiger partial charge in [0.25, 0.3) is 6.01 Å². The molecule has 2 aromatic rings. The number of fused-ring (bicyclic) bond motifs is 1. The molecule has 14 heavy (non-hydrogen) atoms. The molecule has 1 heterocycles. The summed E-state index contributed by atoms with van der Waals surface area (Å²) in [6.07, 6.45) is 0. The lowest BCUT2D eigenvalue weighted by molar-refractivity contribution is 0.624. The number of nitrogens with zero attached hydrogens (tertiary/aromatic N) is 1. The first-order chi connectivity index (χ1) is 6.58. The van der Waals surface area contributed by atoms with E-state index in [1.807, 2.05) is 12.1 Å². The fraction of sp³-hybridized carbons (Fsp3) is 0.300. The zero-order valence-electron chi connectivity index (χ0n) is 8.04. The van der Waals surface area contributed by atoms with Gasteiger partial charge < -0.3 is 10.2 Å². The zero-order chi connectivity index (χ0) is 10.3. The van der Waals surface area contributed by atoms with Crippen molar-refractivity contribution in [1.82, 2.24) is 4.98 Å². The summed E-state index contributed by atoms with van der Waals surface area (Å²) in [4.78, 5) is 4.10. The van der Waals surface area contributed by atoms with Crippen LogP contribution in [0.5, 0.6) is 0 Å². The van der Waals surface area contributed by atoms with Gasteiger partial charge in [0.15, 0.2) is 5.58 Å². The van der Waals surface area contributed by atoms with Crippen molar-refractivity contribution >= 4 is 33.0 Å². The van der Waals surface area contributed by atoms with Crippen molar-refractivity contribution in [2.75, 3.05) is 5.73 Å². The van der Waals surface area contributed by atoms with Crippen LogP contribution in [0.25, 0.3) is 11.1 Å². The topological polar surface area (TPSA) is 52.0 Å². The smallest absolute Gasteiger partial charge is 0.293 e. The lowest BCUT2D eigenvalue weighted by atomic mass is 10.0. The number of oxazole rings is 1. The normalized spacial score (nSPS) is 11.4. The lowest BCUT2D eigenvalue weighted by Gasteiger charge is -2.04. The van der Waals surface area contributed by atoms with Crippen LogP contribution < -0.4 is 5.73 Å². The Morgan fingerprint density at radius 2 is 2.14 bits per heavy atom. The third-order valence-electron chi connectivity index (χ3n) is 2.15. The van der Waals surface area contributed by atoms with Gasteiger partial charge in [-0.05, 0) is 39.5 Å². The van der Waals surface area contributed by atoms with Gasteiger partial charge in [-0.3, -0.25) is 0 Å². The standard InChI is InChI=1S/C10H11BrN2O/c1-5(2)6-3-7(11)9-8(4-6)13-10(12)14-9/h3-5H,1-2H3,(H2,12,13).